The zero-order chi connectivity index (χ0) is 14.1. The third kappa shape index (κ3) is 2.25. The fourth-order valence-corrected chi connectivity index (χ4v) is 3.69. The Hall–Kier alpha value is -1.65. The molecule has 1 saturated heterocycles. The third-order valence-electron chi connectivity index (χ3n) is 3.75. The molecule has 0 spiro atoms. The molecule has 104 valence electrons. The summed E-state index contributed by atoms with van der Waals surface area (Å²) in [6.45, 7) is 2.04. The molecule has 0 aliphatic carbocycles. The molecule has 1 amide bonds. The Kier molecular flexibility index (Phi) is 3.59. The molecule has 1 aromatic heterocycles. The van der Waals surface area contributed by atoms with Crippen LogP contribution in [0.15, 0.2) is 42.5 Å². The van der Waals surface area contributed by atoms with Gasteiger partial charge in [-0.25, -0.2) is 0 Å². The van der Waals surface area contributed by atoms with Crippen LogP contribution < -0.4 is 5.32 Å². The maximum Gasteiger partial charge on any atom is 0.241 e. The second-order valence-corrected chi connectivity index (χ2v) is 6.16. The highest BCUT2D eigenvalue weighted by Gasteiger charge is 2.36. The Morgan fingerprint density at radius 1 is 1.20 bits per heavy atom. The molecule has 4 heteroatoms. The standard InChI is InChI=1S/C16H18N2OS/c1-3-12-16(19)18(2)15(17-12)14-10-9-13(20-14)11-7-5-4-6-8-11/h4-10,12,15,17H,3H2,1-2H3. The Bertz CT molecular complexity index is 608. The Morgan fingerprint density at radius 3 is 2.60 bits per heavy atom. The minimum atomic E-state index is -0.0488. The predicted molar refractivity (Wildman–Crippen MR) is 82.5 cm³/mol. The monoisotopic (exact) mass is 286 g/mol. The van der Waals surface area contributed by atoms with Gasteiger partial charge in [0.25, 0.3) is 0 Å². The van der Waals surface area contributed by atoms with E-state index in [1.165, 1.54) is 15.3 Å². The number of hydrogen-bond acceptors (Lipinski definition) is 3. The normalized spacial score (nSPS) is 22.5. The Labute approximate surface area is 123 Å². The molecule has 2 aromatic rings. The summed E-state index contributed by atoms with van der Waals surface area (Å²) in [6.07, 6.45) is 0.839. The van der Waals surface area contributed by atoms with Crippen LogP contribution in [0.4, 0.5) is 0 Å². The van der Waals surface area contributed by atoms with Gasteiger partial charge in [-0.1, -0.05) is 37.3 Å². The quantitative estimate of drug-likeness (QED) is 0.939. The fourth-order valence-electron chi connectivity index (χ4n) is 2.57. The van der Waals surface area contributed by atoms with Crippen molar-refractivity contribution >= 4 is 17.2 Å². The van der Waals surface area contributed by atoms with Crippen LogP contribution in [0.25, 0.3) is 10.4 Å². The number of benzene rings is 1. The molecule has 2 atom stereocenters. The van der Waals surface area contributed by atoms with E-state index in [0.717, 1.165) is 6.42 Å². The molecular formula is C16H18N2OS. The van der Waals surface area contributed by atoms with Gasteiger partial charge in [0, 0.05) is 16.8 Å². The first-order valence-corrected chi connectivity index (χ1v) is 7.70. The summed E-state index contributed by atoms with van der Waals surface area (Å²) in [6, 6.07) is 14.5. The van der Waals surface area contributed by atoms with Crippen LogP contribution >= 0.6 is 11.3 Å². The highest BCUT2D eigenvalue weighted by atomic mass is 32.1. The van der Waals surface area contributed by atoms with Gasteiger partial charge in [0.05, 0.1) is 6.04 Å². The van der Waals surface area contributed by atoms with Crippen molar-refractivity contribution in [2.24, 2.45) is 0 Å². The number of rotatable bonds is 3. The van der Waals surface area contributed by atoms with E-state index in [2.05, 4.69) is 29.6 Å². The molecule has 1 fully saturated rings. The zero-order valence-corrected chi connectivity index (χ0v) is 12.5. The van der Waals surface area contributed by atoms with Gasteiger partial charge in [-0.3, -0.25) is 10.1 Å². The van der Waals surface area contributed by atoms with E-state index in [1.807, 2.05) is 37.1 Å². The molecule has 1 N–H and O–H groups in total. The van der Waals surface area contributed by atoms with Gasteiger partial charge in [0.2, 0.25) is 5.91 Å². The Balaban J connectivity index is 1.86. The number of amides is 1. The average Bonchev–Trinajstić information content (AvgIpc) is 3.07. The highest BCUT2D eigenvalue weighted by Crippen LogP contribution is 2.34. The lowest BCUT2D eigenvalue weighted by Gasteiger charge is -2.17. The minimum absolute atomic E-state index is 0.00918. The van der Waals surface area contributed by atoms with Crippen molar-refractivity contribution < 1.29 is 4.79 Å². The number of thiophene rings is 1. The molecule has 0 bridgehead atoms. The van der Waals surface area contributed by atoms with Crippen molar-refractivity contribution in [2.75, 3.05) is 7.05 Å². The molecule has 20 heavy (non-hydrogen) atoms. The van der Waals surface area contributed by atoms with E-state index in [1.54, 1.807) is 11.3 Å². The predicted octanol–water partition coefficient (Wildman–Crippen LogP) is 3.25. The molecule has 2 heterocycles. The van der Waals surface area contributed by atoms with E-state index in [9.17, 15) is 4.79 Å². The maximum absolute atomic E-state index is 12.1. The summed E-state index contributed by atoms with van der Waals surface area (Å²) >= 11 is 1.75. The van der Waals surface area contributed by atoms with E-state index in [0.29, 0.717) is 0 Å². The number of nitrogens with one attached hydrogen (secondary N) is 1. The zero-order valence-electron chi connectivity index (χ0n) is 11.7. The molecule has 3 rings (SSSR count). The second-order valence-electron chi connectivity index (χ2n) is 5.05. The summed E-state index contributed by atoms with van der Waals surface area (Å²) in [4.78, 5) is 16.3. The molecule has 1 aliphatic heterocycles. The number of hydrogen-bond donors (Lipinski definition) is 1. The largest absolute Gasteiger partial charge is 0.324 e. The molecule has 3 nitrogen and oxygen atoms in total. The van der Waals surface area contributed by atoms with Crippen LogP contribution in [0.1, 0.15) is 24.4 Å². The van der Waals surface area contributed by atoms with Crippen LogP contribution in [0.5, 0.6) is 0 Å². The van der Waals surface area contributed by atoms with Crippen LogP contribution in [0.2, 0.25) is 0 Å². The van der Waals surface area contributed by atoms with Crippen molar-refractivity contribution in [1.29, 1.82) is 0 Å². The molecule has 0 saturated carbocycles. The van der Waals surface area contributed by atoms with Crippen LogP contribution in [-0.2, 0) is 4.79 Å². The third-order valence-corrected chi connectivity index (χ3v) is 4.94. The fraction of sp³-hybridized carbons (Fsp3) is 0.312. The second kappa shape index (κ2) is 5.38. The van der Waals surface area contributed by atoms with Crippen LogP contribution in [0, 0.1) is 0 Å². The summed E-state index contributed by atoms with van der Waals surface area (Å²) in [7, 11) is 1.87. The van der Waals surface area contributed by atoms with Gasteiger partial charge in [0.15, 0.2) is 0 Å². The number of nitrogens with zero attached hydrogens (tertiary/aromatic N) is 1. The first-order chi connectivity index (χ1) is 9.70. The highest BCUT2D eigenvalue weighted by molar-refractivity contribution is 7.15. The van der Waals surface area contributed by atoms with Crippen molar-refractivity contribution in [3.8, 4) is 10.4 Å². The van der Waals surface area contributed by atoms with Crippen molar-refractivity contribution in [3.63, 3.8) is 0 Å². The van der Waals surface area contributed by atoms with Crippen molar-refractivity contribution in [3.05, 3.63) is 47.3 Å². The van der Waals surface area contributed by atoms with Gasteiger partial charge in [-0.2, -0.15) is 0 Å². The lowest BCUT2D eigenvalue weighted by molar-refractivity contribution is -0.128. The molecule has 0 radical (unpaired) electrons. The number of likely N-dealkylation sites (N-methyl/N-ethyl adjacent to an activating group) is 1. The molecular weight excluding hydrogens is 268 g/mol. The summed E-state index contributed by atoms with van der Waals surface area (Å²) < 4.78 is 0. The van der Waals surface area contributed by atoms with E-state index in [4.69, 9.17) is 0 Å². The number of carbonyl (C=O) groups is 1. The lowest BCUT2D eigenvalue weighted by atomic mass is 10.2. The minimum Gasteiger partial charge on any atom is -0.324 e. The van der Waals surface area contributed by atoms with Gasteiger partial charge >= 0.3 is 0 Å². The molecule has 1 aromatic carbocycles. The Morgan fingerprint density at radius 2 is 1.95 bits per heavy atom. The summed E-state index contributed by atoms with van der Waals surface area (Å²) in [5.41, 5.74) is 1.22. The average molecular weight is 286 g/mol. The van der Waals surface area contributed by atoms with Crippen LogP contribution in [-0.4, -0.2) is 23.9 Å². The van der Waals surface area contributed by atoms with Gasteiger partial charge in [0.1, 0.15) is 6.17 Å². The molecule has 1 aliphatic rings. The SMILES string of the molecule is CCC1NC(c2ccc(-c3ccccc3)s2)N(C)C1=O. The summed E-state index contributed by atoms with van der Waals surface area (Å²) in [5.74, 6) is 0.187. The smallest absolute Gasteiger partial charge is 0.241 e. The maximum atomic E-state index is 12.1. The summed E-state index contributed by atoms with van der Waals surface area (Å²) in [5, 5.41) is 3.41. The van der Waals surface area contributed by atoms with E-state index in [-0.39, 0.29) is 18.1 Å². The van der Waals surface area contributed by atoms with Gasteiger partial charge < -0.3 is 4.90 Å². The van der Waals surface area contributed by atoms with Crippen molar-refractivity contribution in [1.82, 2.24) is 10.2 Å². The topological polar surface area (TPSA) is 32.3 Å². The molecule has 2 unspecified atom stereocenters. The van der Waals surface area contributed by atoms with Gasteiger partial charge in [-0.05, 0) is 24.1 Å². The van der Waals surface area contributed by atoms with Crippen LogP contribution in [0.3, 0.4) is 0 Å². The first kappa shape index (κ1) is 13.3. The lowest BCUT2D eigenvalue weighted by Crippen LogP contribution is -2.27. The van der Waals surface area contributed by atoms with Crippen molar-refractivity contribution in [2.45, 2.75) is 25.6 Å². The van der Waals surface area contributed by atoms with E-state index < -0.39 is 0 Å². The first-order valence-electron chi connectivity index (χ1n) is 6.88. The number of carbonyl (C=O) groups excluding carboxylic acids is 1. The van der Waals surface area contributed by atoms with Gasteiger partial charge in [-0.15, -0.1) is 11.3 Å². The van der Waals surface area contributed by atoms with E-state index >= 15 is 0 Å².